The highest BCUT2D eigenvalue weighted by Gasteiger charge is 2.28. The maximum Gasteiger partial charge on any atom is 0.338 e. The number of nitrogens with zero attached hydrogens (tertiary/aromatic N) is 1. The van der Waals surface area contributed by atoms with E-state index in [-0.39, 0.29) is 11.5 Å². The number of carbonyl (C=O) groups excluding carboxylic acids is 2. The standard InChI is InChI=1S/C25H25ClN2O5S/c1-4-33-25(30)19-8-11-21(12-9-19)27-24(29)16-28(23-15-20(26)10-7-18(23)3)34(31,32)22-13-5-17(2)6-14-22/h5-15H,4,16H2,1-3H3,(H,27,29). The Kier molecular flexibility index (Phi) is 7.96. The SMILES string of the molecule is CCOC(=O)c1ccc(NC(=O)CN(c2cc(Cl)ccc2C)S(=O)(=O)c2ccc(C)cc2)cc1. The average Bonchev–Trinajstić information content (AvgIpc) is 2.80. The smallest absolute Gasteiger partial charge is 0.338 e. The molecule has 9 heteroatoms. The highest BCUT2D eigenvalue weighted by Crippen LogP contribution is 2.29. The number of hydrogen-bond donors (Lipinski definition) is 1. The third-order valence-corrected chi connectivity index (χ3v) is 7.02. The molecule has 0 saturated heterocycles. The van der Waals surface area contributed by atoms with E-state index in [0.29, 0.717) is 27.5 Å². The van der Waals surface area contributed by atoms with E-state index in [1.807, 2.05) is 6.92 Å². The van der Waals surface area contributed by atoms with Gasteiger partial charge in [0.2, 0.25) is 5.91 Å². The van der Waals surface area contributed by atoms with Crippen molar-refractivity contribution in [2.24, 2.45) is 0 Å². The summed E-state index contributed by atoms with van der Waals surface area (Å²) in [6.07, 6.45) is 0. The molecular formula is C25H25ClN2O5S. The van der Waals surface area contributed by atoms with E-state index in [2.05, 4.69) is 5.32 Å². The highest BCUT2D eigenvalue weighted by molar-refractivity contribution is 7.92. The van der Waals surface area contributed by atoms with E-state index in [1.165, 1.54) is 30.3 Å². The summed E-state index contributed by atoms with van der Waals surface area (Å²) in [7, 11) is -4.07. The molecule has 0 aromatic heterocycles. The van der Waals surface area contributed by atoms with Crippen molar-refractivity contribution in [3.63, 3.8) is 0 Å². The average molecular weight is 501 g/mol. The number of sulfonamides is 1. The number of benzene rings is 3. The van der Waals surface area contributed by atoms with Gasteiger partial charge < -0.3 is 10.1 Å². The van der Waals surface area contributed by atoms with Crippen LogP contribution in [0.1, 0.15) is 28.4 Å². The van der Waals surface area contributed by atoms with Crippen LogP contribution in [0.3, 0.4) is 0 Å². The van der Waals surface area contributed by atoms with Crippen molar-refractivity contribution in [3.05, 3.63) is 88.4 Å². The summed E-state index contributed by atoms with van der Waals surface area (Å²) >= 11 is 6.15. The molecule has 0 aliphatic heterocycles. The van der Waals surface area contributed by atoms with Crippen LogP contribution in [0.15, 0.2) is 71.6 Å². The normalized spacial score (nSPS) is 11.1. The fraction of sp³-hybridized carbons (Fsp3) is 0.200. The molecule has 3 rings (SSSR count). The van der Waals surface area contributed by atoms with Gasteiger partial charge in [0.05, 0.1) is 22.8 Å². The maximum absolute atomic E-state index is 13.5. The van der Waals surface area contributed by atoms with Gasteiger partial charge in [-0.3, -0.25) is 9.10 Å². The molecule has 0 aliphatic carbocycles. The fourth-order valence-corrected chi connectivity index (χ4v) is 4.87. The van der Waals surface area contributed by atoms with Crippen LogP contribution in [0.5, 0.6) is 0 Å². The first-order chi connectivity index (χ1) is 16.1. The topological polar surface area (TPSA) is 92.8 Å². The van der Waals surface area contributed by atoms with E-state index < -0.39 is 28.4 Å². The number of nitrogens with one attached hydrogen (secondary N) is 1. The Hall–Kier alpha value is -3.36. The van der Waals surface area contributed by atoms with E-state index in [4.69, 9.17) is 16.3 Å². The number of carbonyl (C=O) groups is 2. The summed E-state index contributed by atoms with van der Waals surface area (Å²) in [4.78, 5) is 24.8. The van der Waals surface area contributed by atoms with Gasteiger partial charge in [-0.15, -0.1) is 0 Å². The Morgan fingerprint density at radius 3 is 2.24 bits per heavy atom. The molecule has 0 saturated carbocycles. The Morgan fingerprint density at radius 2 is 1.62 bits per heavy atom. The van der Waals surface area contributed by atoms with Crippen molar-refractivity contribution in [2.75, 3.05) is 22.8 Å². The molecule has 0 heterocycles. The minimum Gasteiger partial charge on any atom is -0.462 e. The number of amides is 1. The van der Waals surface area contributed by atoms with E-state index >= 15 is 0 Å². The van der Waals surface area contributed by atoms with Gasteiger partial charge in [0, 0.05) is 10.7 Å². The molecule has 0 aliphatic rings. The summed E-state index contributed by atoms with van der Waals surface area (Å²) in [5.41, 5.74) is 2.62. The molecule has 1 amide bonds. The van der Waals surface area contributed by atoms with Crippen molar-refractivity contribution in [1.29, 1.82) is 0 Å². The summed E-state index contributed by atoms with van der Waals surface area (Å²) < 4.78 is 33.0. The molecule has 1 N–H and O–H groups in total. The lowest BCUT2D eigenvalue weighted by atomic mass is 10.2. The molecule has 0 fully saturated rings. The zero-order valence-electron chi connectivity index (χ0n) is 19.0. The first-order valence-electron chi connectivity index (χ1n) is 10.5. The van der Waals surface area contributed by atoms with Crippen molar-refractivity contribution in [2.45, 2.75) is 25.7 Å². The molecule has 3 aromatic rings. The van der Waals surface area contributed by atoms with Crippen LogP contribution in [0.25, 0.3) is 0 Å². The monoisotopic (exact) mass is 500 g/mol. The molecule has 0 bridgehead atoms. The van der Waals surface area contributed by atoms with E-state index in [1.54, 1.807) is 50.2 Å². The van der Waals surface area contributed by atoms with E-state index in [0.717, 1.165) is 9.87 Å². The zero-order chi connectivity index (χ0) is 24.9. The summed E-state index contributed by atoms with van der Waals surface area (Å²) in [6, 6.07) is 17.4. The van der Waals surface area contributed by atoms with Gasteiger partial charge in [0.15, 0.2) is 0 Å². The second-order valence-electron chi connectivity index (χ2n) is 7.60. The molecule has 178 valence electrons. The molecule has 0 spiro atoms. The highest BCUT2D eigenvalue weighted by atomic mass is 35.5. The van der Waals surface area contributed by atoms with Crippen molar-refractivity contribution < 1.29 is 22.7 Å². The zero-order valence-corrected chi connectivity index (χ0v) is 20.6. The third-order valence-electron chi connectivity index (χ3n) is 5.02. The second-order valence-corrected chi connectivity index (χ2v) is 9.90. The Balaban J connectivity index is 1.90. The number of hydrogen-bond acceptors (Lipinski definition) is 5. The Morgan fingerprint density at radius 1 is 0.971 bits per heavy atom. The quantitative estimate of drug-likeness (QED) is 0.441. The predicted molar refractivity (Wildman–Crippen MR) is 133 cm³/mol. The lowest BCUT2D eigenvalue weighted by Gasteiger charge is -2.26. The molecule has 7 nitrogen and oxygen atoms in total. The minimum absolute atomic E-state index is 0.0593. The lowest BCUT2D eigenvalue weighted by Crippen LogP contribution is -2.38. The molecule has 0 atom stereocenters. The van der Waals surface area contributed by atoms with Crippen LogP contribution in [0.2, 0.25) is 5.02 Å². The number of aryl methyl sites for hydroxylation is 2. The minimum atomic E-state index is -4.07. The number of ether oxygens (including phenoxy) is 1. The molecule has 34 heavy (non-hydrogen) atoms. The first-order valence-corrected chi connectivity index (χ1v) is 12.4. The summed E-state index contributed by atoms with van der Waals surface area (Å²) in [5, 5.41) is 3.02. The Bertz CT molecular complexity index is 1290. The van der Waals surface area contributed by atoms with Crippen LogP contribution in [0.4, 0.5) is 11.4 Å². The van der Waals surface area contributed by atoms with Gasteiger partial charge in [-0.2, -0.15) is 0 Å². The molecule has 0 radical (unpaired) electrons. The number of esters is 1. The lowest BCUT2D eigenvalue weighted by molar-refractivity contribution is -0.114. The van der Waals surface area contributed by atoms with Crippen LogP contribution < -0.4 is 9.62 Å². The molecular weight excluding hydrogens is 476 g/mol. The maximum atomic E-state index is 13.5. The predicted octanol–water partition coefficient (Wildman–Crippen LogP) is 4.97. The Labute approximate surface area is 204 Å². The van der Waals surface area contributed by atoms with Crippen molar-refractivity contribution in [1.82, 2.24) is 0 Å². The number of rotatable bonds is 8. The van der Waals surface area contributed by atoms with Gasteiger partial charge in [0.1, 0.15) is 6.54 Å². The van der Waals surface area contributed by atoms with Crippen LogP contribution in [-0.4, -0.2) is 33.4 Å². The number of anilines is 2. The van der Waals surface area contributed by atoms with Gasteiger partial charge in [0.25, 0.3) is 10.0 Å². The third kappa shape index (κ3) is 5.95. The summed E-state index contributed by atoms with van der Waals surface area (Å²) in [6.45, 7) is 5.10. The second kappa shape index (κ2) is 10.7. The molecule has 3 aromatic carbocycles. The van der Waals surface area contributed by atoms with Crippen LogP contribution >= 0.6 is 11.6 Å². The van der Waals surface area contributed by atoms with Gasteiger partial charge in [-0.1, -0.05) is 35.4 Å². The van der Waals surface area contributed by atoms with Crippen LogP contribution in [0, 0.1) is 13.8 Å². The van der Waals surface area contributed by atoms with Gasteiger partial charge in [-0.25, -0.2) is 13.2 Å². The van der Waals surface area contributed by atoms with Crippen LogP contribution in [-0.2, 0) is 19.6 Å². The molecule has 0 unspecified atom stereocenters. The van der Waals surface area contributed by atoms with Crippen molar-refractivity contribution in [3.8, 4) is 0 Å². The largest absolute Gasteiger partial charge is 0.462 e. The number of halogens is 1. The fourth-order valence-electron chi connectivity index (χ4n) is 3.22. The van der Waals surface area contributed by atoms with Crippen molar-refractivity contribution >= 4 is 44.9 Å². The first kappa shape index (κ1) is 25.3. The van der Waals surface area contributed by atoms with E-state index in [9.17, 15) is 18.0 Å². The summed E-state index contributed by atoms with van der Waals surface area (Å²) in [5.74, 6) is -1.02. The van der Waals surface area contributed by atoms with Gasteiger partial charge in [-0.05, 0) is 74.9 Å². The van der Waals surface area contributed by atoms with Gasteiger partial charge >= 0.3 is 5.97 Å².